The zero-order valence-electron chi connectivity index (χ0n) is 12.6. The molecule has 3 N–H and O–H groups in total. The van der Waals surface area contributed by atoms with Gasteiger partial charge in [-0.1, -0.05) is 6.07 Å². The fourth-order valence-corrected chi connectivity index (χ4v) is 2.53. The number of likely N-dealkylation sites (N-methyl/N-ethyl adjacent to an activating group) is 1. The number of nitrogens with zero attached hydrogens (tertiary/aromatic N) is 2. The third kappa shape index (κ3) is 2.53. The largest absolute Gasteiger partial charge is 0.399 e. The number of aldehydes is 1. The average molecular weight is 294 g/mol. The van der Waals surface area contributed by atoms with Crippen molar-refractivity contribution < 1.29 is 4.79 Å². The van der Waals surface area contributed by atoms with Crippen molar-refractivity contribution in [2.24, 2.45) is 4.99 Å². The van der Waals surface area contributed by atoms with E-state index in [1.54, 1.807) is 11.2 Å². The van der Waals surface area contributed by atoms with Gasteiger partial charge in [0.25, 0.3) is 0 Å². The lowest BCUT2D eigenvalue weighted by atomic mass is 10.0. The van der Waals surface area contributed by atoms with Gasteiger partial charge in [0.05, 0.1) is 12.0 Å². The van der Waals surface area contributed by atoms with Crippen LogP contribution in [0.25, 0.3) is 0 Å². The SMILES string of the molecule is Cc1ccc(N)cc1Nc1ccc2c(c1)C(C=O)N(C)C=N2. The van der Waals surface area contributed by atoms with Crippen LogP contribution in [0.4, 0.5) is 22.7 Å². The molecule has 0 aliphatic carbocycles. The van der Waals surface area contributed by atoms with E-state index in [4.69, 9.17) is 5.73 Å². The molecule has 5 nitrogen and oxygen atoms in total. The highest BCUT2D eigenvalue weighted by molar-refractivity contribution is 5.79. The van der Waals surface area contributed by atoms with Gasteiger partial charge in [0.1, 0.15) is 12.3 Å². The van der Waals surface area contributed by atoms with Crippen molar-refractivity contribution in [3.05, 3.63) is 47.5 Å². The normalized spacial score (nSPS) is 16.3. The lowest BCUT2D eigenvalue weighted by Gasteiger charge is -2.27. The monoisotopic (exact) mass is 294 g/mol. The molecule has 1 aliphatic rings. The fraction of sp³-hybridized carbons (Fsp3) is 0.176. The number of nitrogen functional groups attached to an aromatic ring is 1. The maximum atomic E-state index is 11.4. The number of hydrogen-bond donors (Lipinski definition) is 2. The van der Waals surface area contributed by atoms with E-state index < -0.39 is 0 Å². The first-order valence-electron chi connectivity index (χ1n) is 7.07. The van der Waals surface area contributed by atoms with Crippen molar-refractivity contribution in [3.8, 4) is 0 Å². The Hall–Kier alpha value is -2.82. The maximum Gasteiger partial charge on any atom is 0.147 e. The fourth-order valence-electron chi connectivity index (χ4n) is 2.53. The number of hydrogen-bond acceptors (Lipinski definition) is 5. The number of benzene rings is 2. The van der Waals surface area contributed by atoms with Gasteiger partial charge < -0.3 is 20.7 Å². The van der Waals surface area contributed by atoms with E-state index in [0.717, 1.165) is 34.5 Å². The van der Waals surface area contributed by atoms with Crippen molar-refractivity contribution in [2.45, 2.75) is 13.0 Å². The number of carbonyl (C=O) groups is 1. The third-order valence-electron chi connectivity index (χ3n) is 3.83. The van der Waals surface area contributed by atoms with E-state index in [1.165, 1.54) is 0 Å². The van der Waals surface area contributed by atoms with Gasteiger partial charge in [0, 0.05) is 29.7 Å². The summed E-state index contributed by atoms with van der Waals surface area (Å²) in [4.78, 5) is 17.5. The van der Waals surface area contributed by atoms with Gasteiger partial charge in [-0.2, -0.15) is 0 Å². The Kier molecular flexibility index (Phi) is 3.55. The summed E-state index contributed by atoms with van der Waals surface area (Å²) in [6.07, 6.45) is 2.61. The molecule has 0 fully saturated rings. The Balaban J connectivity index is 1.97. The van der Waals surface area contributed by atoms with Crippen LogP contribution in [-0.4, -0.2) is 24.6 Å². The second kappa shape index (κ2) is 5.52. The number of aryl methyl sites for hydroxylation is 1. The predicted molar refractivity (Wildman–Crippen MR) is 90.0 cm³/mol. The van der Waals surface area contributed by atoms with Gasteiger partial charge in [0.2, 0.25) is 0 Å². The van der Waals surface area contributed by atoms with Crippen molar-refractivity contribution in [3.63, 3.8) is 0 Å². The Labute approximate surface area is 129 Å². The van der Waals surface area contributed by atoms with E-state index in [2.05, 4.69) is 10.3 Å². The van der Waals surface area contributed by atoms with Crippen molar-refractivity contribution in [1.82, 2.24) is 4.90 Å². The molecule has 0 spiro atoms. The number of fused-ring (bicyclic) bond motifs is 1. The predicted octanol–water partition coefficient (Wildman–Crippen LogP) is 3.17. The molecule has 0 radical (unpaired) electrons. The van der Waals surface area contributed by atoms with Crippen LogP contribution in [0.5, 0.6) is 0 Å². The second-order valence-corrected chi connectivity index (χ2v) is 5.46. The van der Waals surface area contributed by atoms with Gasteiger partial charge in [-0.25, -0.2) is 4.99 Å². The summed E-state index contributed by atoms with van der Waals surface area (Å²) in [7, 11) is 1.84. The highest BCUT2D eigenvalue weighted by Crippen LogP contribution is 2.34. The first-order valence-corrected chi connectivity index (χ1v) is 7.07. The highest BCUT2D eigenvalue weighted by atomic mass is 16.1. The topological polar surface area (TPSA) is 70.7 Å². The average Bonchev–Trinajstić information content (AvgIpc) is 2.51. The molecule has 0 aromatic heterocycles. The Morgan fingerprint density at radius 3 is 2.86 bits per heavy atom. The standard InChI is InChI=1S/C17H18N4O/c1-11-3-4-12(18)7-16(11)20-13-5-6-15-14(8-13)17(9-22)21(2)10-19-15/h3-10,17,20H,18H2,1-2H3. The molecule has 0 bridgehead atoms. The Morgan fingerprint density at radius 1 is 1.27 bits per heavy atom. The van der Waals surface area contributed by atoms with E-state index in [0.29, 0.717) is 5.69 Å². The summed E-state index contributed by atoms with van der Waals surface area (Å²) in [5.41, 5.74) is 11.2. The Morgan fingerprint density at radius 2 is 2.09 bits per heavy atom. The van der Waals surface area contributed by atoms with E-state index in [1.807, 2.05) is 50.4 Å². The van der Waals surface area contributed by atoms with Crippen LogP contribution in [0, 0.1) is 6.92 Å². The minimum absolute atomic E-state index is 0.309. The third-order valence-corrected chi connectivity index (χ3v) is 3.83. The van der Waals surface area contributed by atoms with E-state index >= 15 is 0 Å². The molecule has 0 saturated carbocycles. The van der Waals surface area contributed by atoms with Crippen molar-refractivity contribution >= 4 is 35.4 Å². The van der Waals surface area contributed by atoms with Crippen LogP contribution >= 0.6 is 0 Å². The van der Waals surface area contributed by atoms with Crippen LogP contribution in [0.2, 0.25) is 0 Å². The maximum absolute atomic E-state index is 11.4. The van der Waals surface area contributed by atoms with Gasteiger partial charge in [-0.05, 0) is 42.8 Å². The van der Waals surface area contributed by atoms with Crippen LogP contribution < -0.4 is 11.1 Å². The molecule has 2 aromatic carbocycles. The van der Waals surface area contributed by atoms with Crippen LogP contribution in [0.15, 0.2) is 41.4 Å². The zero-order chi connectivity index (χ0) is 15.7. The molecule has 1 atom stereocenters. The molecule has 0 saturated heterocycles. The Bertz CT molecular complexity index is 754. The summed E-state index contributed by atoms with van der Waals surface area (Å²) in [6, 6.07) is 11.3. The number of nitrogens with two attached hydrogens (primary N) is 1. The first kappa shape index (κ1) is 14.1. The summed E-state index contributed by atoms with van der Waals surface area (Å²) in [5.74, 6) is 0. The van der Waals surface area contributed by atoms with E-state index in [9.17, 15) is 4.79 Å². The van der Waals surface area contributed by atoms with E-state index in [-0.39, 0.29) is 6.04 Å². The molecule has 112 valence electrons. The minimum atomic E-state index is -0.309. The lowest BCUT2D eigenvalue weighted by Crippen LogP contribution is -2.26. The van der Waals surface area contributed by atoms with Gasteiger partial charge >= 0.3 is 0 Å². The molecular formula is C17H18N4O. The quantitative estimate of drug-likeness (QED) is 0.674. The molecule has 5 heteroatoms. The number of carbonyl (C=O) groups excluding carboxylic acids is 1. The van der Waals surface area contributed by atoms with Crippen LogP contribution in [-0.2, 0) is 4.79 Å². The van der Waals surface area contributed by atoms with Crippen LogP contribution in [0.1, 0.15) is 17.2 Å². The van der Waals surface area contributed by atoms with Gasteiger partial charge in [0.15, 0.2) is 0 Å². The summed E-state index contributed by atoms with van der Waals surface area (Å²) >= 11 is 0. The molecule has 1 unspecified atom stereocenters. The number of aliphatic imine (C=N–C) groups is 1. The first-order chi connectivity index (χ1) is 10.6. The van der Waals surface area contributed by atoms with Crippen molar-refractivity contribution in [2.75, 3.05) is 18.1 Å². The lowest BCUT2D eigenvalue weighted by molar-refractivity contribution is -0.111. The number of rotatable bonds is 3. The summed E-state index contributed by atoms with van der Waals surface area (Å²) < 4.78 is 0. The molecular weight excluding hydrogens is 276 g/mol. The van der Waals surface area contributed by atoms with Crippen molar-refractivity contribution in [1.29, 1.82) is 0 Å². The molecule has 22 heavy (non-hydrogen) atoms. The zero-order valence-corrected chi connectivity index (χ0v) is 12.6. The number of nitrogens with one attached hydrogen (secondary N) is 1. The second-order valence-electron chi connectivity index (χ2n) is 5.46. The minimum Gasteiger partial charge on any atom is -0.399 e. The molecule has 1 heterocycles. The smallest absolute Gasteiger partial charge is 0.147 e. The molecule has 0 amide bonds. The molecule has 3 rings (SSSR count). The number of anilines is 3. The summed E-state index contributed by atoms with van der Waals surface area (Å²) in [5, 5.41) is 3.36. The summed E-state index contributed by atoms with van der Waals surface area (Å²) in [6.45, 7) is 2.02. The van der Waals surface area contributed by atoms with Gasteiger partial charge in [-0.15, -0.1) is 0 Å². The van der Waals surface area contributed by atoms with Crippen LogP contribution in [0.3, 0.4) is 0 Å². The van der Waals surface area contributed by atoms with Gasteiger partial charge in [-0.3, -0.25) is 0 Å². The highest BCUT2D eigenvalue weighted by Gasteiger charge is 2.21. The molecule has 2 aromatic rings. The molecule has 1 aliphatic heterocycles.